The summed E-state index contributed by atoms with van der Waals surface area (Å²) in [6.07, 6.45) is 0.884. The van der Waals surface area contributed by atoms with Gasteiger partial charge in [0.15, 0.2) is 0 Å². The van der Waals surface area contributed by atoms with E-state index in [1.807, 2.05) is 30.3 Å². The zero-order valence-electron chi connectivity index (χ0n) is 15.5. The third-order valence-corrected chi connectivity index (χ3v) is 4.15. The second kappa shape index (κ2) is 10.2. The van der Waals surface area contributed by atoms with Gasteiger partial charge in [0.05, 0.1) is 0 Å². The van der Waals surface area contributed by atoms with Gasteiger partial charge in [0, 0.05) is 44.4 Å². The van der Waals surface area contributed by atoms with Crippen LogP contribution in [0.15, 0.2) is 54.6 Å². The van der Waals surface area contributed by atoms with Gasteiger partial charge in [-0.1, -0.05) is 30.3 Å². The summed E-state index contributed by atoms with van der Waals surface area (Å²) in [6, 6.07) is 17.6. The first-order valence-electron chi connectivity index (χ1n) is 9.01. The number of nitrogens with one attached hydrogen (secondary N) is 2. The molecule has 0 radical (unpaired) electrons. The molecule has 5 heteroatoms. The highest BCUT2D eigenvalue weighted by Crippen LogP contribution is 2.12. The smallest absolute Gasteiger partial charge is 0.251 e. The molecule has 0 saturated heterocycles. The van der Waals surface area contributed by atoms with Crippen LogP contribution in [-0.4, -0.2) is 31.4 Å². The second-order valence-corrected chi connectivity index (χ2v) is 6.13. The molecular weight excluding hydrogens is 326 g/mol. The lowest BCUT2D eigenvalue weighted by Gasteiger charge is -2.23. The van der Waals surface area contributed by atoms with Crippen LogP contribution in [0.25, 0.3) is 0 Å². The number of benzene rings is 2. The van der Waals surface area contributed by atoms with Crippen molar-refractivity contribution in [2.24, 2.45) is 0 Å². The Bertz CT molecular complexity index is 699. The third kappa shape index (κ3) is 6.24. The molecule has 2 aromatic carbocycles. The molecule has 0 saturated carbocycles. The van der Waals surface area contributed by atoms with E-state index in [2.05, 4.69) is 34.6 Å². The fraction of sp³-hybridized carbons (Fsp3) is 0.333. The Hall–Kier alpha value is -2.82. The standard InChI is InChI=1S/C21H27N3O2/c1-3-24(20-8-5-4-6-9-20)15-7-14-22-21(26)19-12-10-18(11-13-19)16-23-17(2)25/h4-6,8-13H,3,7,14-16H2,1-2H3,(H,22,26)(H,23,25). The maximum atomic E-state index is 12.2. The Kier molecular flexibility index (Phi) is 7.68. The monoisotopic (exact) mass is 353 g/mol. The fourth-order valence-electron chi connectivity index (χ4n) is 2.68. The normalized spacial score (nSPS) is 10.2. The maximum Gasteiger partial charge on any atom is 0.251 e. The molecule has 0 heterocycles. The summed E-state index contributed by atoms with van der Waals surface area (Å²) in [7, 11) is 0. The summed E-state index contributed by atoms with van der Waals surface area (Å²) in [4.78, 5) is 25.4. The summed E-state index contributed by atoms with van der Waals surface area (Å²) in [5, 5.41) is 5.70. The Balaban J connectivity index is 1.75. The van der Waals surface area contributed by atoms with Crippen LogP contribution in [0, 0.1) is 0 Å². The molecule has 5 nitrogen and oxygen atoms in total. The SMILES string of the molecule is CCN(CCCNC(=O)c1ccc(CNC(C)=O)cc1)c1ccccc1. The number of rotatable bonds is 9. The van der Waals surface area contributed by atoms with E-state index in [0.29, 0.717) is 18.7 Å². The van der Waals surface area contributed by atoms with Crippen LogP contribution in [0.2, 0.25) is 0 Å². The number of nitrogens with zero attached hydrogens (tertiary/aromatic N) is 1. The zero-order chi connectivity index (χ0) is 18.8. The van der Waals surface area contributed by atoms with Gasteiger partial charge in [0.1, 0.15) is 0 Å². The Morgan fingerprint density at radius 3 is 2.27 bits per heavy atom. The summed E-state index contributed by atoms with van der Waals surface area (Å²) in [6.45, 7) is 6.57. The molecule has 0 aliphatic heterocycles. The number of hydrogen-bond acceptors (Lipinski definition) is 3. The topological polar surface area (TPSA) is 61.4 Å². The minimum atomic E-state index is -0.0705. The van der Waals surface area contributed by atoms with Crippen molar-refractivity contribution in [1.82, 2.24) is 10.6 Å². The molecule has 0 bridgehead atoms. The van der Waals surface area contributed by atoms with Gasteiger partial charge in [0.25, 0.3) is 5.91 Å². The van der Waals surface area contributed by atoms with Crippen molar-refractivity contribution in [3.05, 3.63) is 65.7 Å². The molecule has 0 spiro atoms. The van der Waals surface area contributed by atoms with Crippen molar-refractivity contribution in [2.75, 3.05) is 24.5 Å². The van der Waals surface area contributed by atoms with Gasteiger partial charge in [-0.25, -0.2) is 0 Å². The number of amides is 2. The number of carbonyl (C=O) groups is 2. The van der Waals surface area contributed by atoms with Gasteiger partial charge >= 0.3 is 0 Å². The highest BCUT2D eigenvalue weighted by molar-refractivity contribution is 5.94. The lowest BCUT2D eigenvalue weighted by molar-refractivity contribution is -0.119. The number of carbonyl (C=O) groups excluding carboxylic acids is 2. The molecule has 26 heavy (non-hydrogen) atoms. The first-order valence-corrected chi connectivity index (χ1v) is 9.01. The molecule has 0 aliphatic carbocycles. The maximum absolute atomic E-state index is 12.2. The molecule has 2 N–H and O–H groups in total. The van der Waals surface area contributed by atoms with Crippen molar-refractivity contribution < 1.29 is 9.59 Å². The lowest BCUT2D eigenvalue weighted by atomic mass is 10.1. The van der Waals surface area contributed by atoms with Crippen LogP contribution < -0.4 is 15.5 Å². The largest absolute Gasteiger partial charge is 0.372 e. The summed E-state index contributed by atoms with van der Waals surface area (Å²) >= 11 is 0. The number of para-hydroxylation sites is 1. The lowest BCUT2D eigenvalue weighted by Crippen LogP contribution is -2.30. The second-order valence-electron chi connectivity index (χ2n) is 6.13. The van der Waals surface area contributed by atoms with Crippen LogP contribution in [0.4, 0.5) is 5.69 Å². The van der Waals surface area contributed by atoms with E-state index in [0.717, 1.165) is 25.1 Å². The Morgan fingerprint density at radius 1 is 0.962 bits per heavy atom. The quantitative estimate of drug-likeness (QED) is 0.681. The highest BCUT2D eigenvalue weighted by atomic mass is 16.2. The zero-order valence-corrected chi connectivity index (χ0v) is 15.5. The predicted octanol–water partition coefficient (Wildman–Crippen LogP) is 2.97. The first kappa shape index (κ1) is 19.5. The van der Waals surface area contributed by atoms with E-state index in [1.165, 1.54) is 12.6 Å². The molecule has 138 valence electrons. The molecule has 0 fully saturated rings. The highest BCUT2D eigenvalue weighted by Gasteiger charge is 2.06. The van der Waals surface area contributed by atoms with Crippen molar-refractivity contribution in [1.29, 1.82) is 0 Å². The van der Waals surface area contributed by atoms with Gasteiger partial charge in [0.2, 0.25) is 5.91 Å². The summed E-state index contributed by atoms with van der Waals surface area (Å²) < 4.78 is 0. The van der Waals surface area contributed by atoms with Gasteiger partial charge in [-0.15, -0.1) is 0 Å². The average Bonchev–Trinajstić information content (AvgIpc) is 2.67. The predicted molar refractivity (Wildman–Crippen MR) is 105 cm³/mol. The Labute approximate surface area is 155 Å². The summed E-state index contributed by atoms with van der Waals surface area (Å²) in [5.74, 6) is -0.137. The Morgan fingerprint density at radius 2 is 1.65 bits per heavy atom. The molecule has 2 rings (SSSR count). The van der Waals surface area contributed by atoms with E-state index in [4.69, 9.17) is 0 Å². The van der Waals surface area contributed by atoms with Gasteiger partial charge in [-0.05, 0) is 43.2 Å². The average molecular weight is 353 g/mol. The van der Waals surface area contributed by atoms with E-state index >= 15 is 0 Å². The first-order chi connectivity index (χ1) is 12.6. The van der Waals surface area contributed by atoms with Crippen LogP contribution in [0.3, 0.4) is 0 Å². The van der Waals surface area contributed by atoms with Crippen LogP contribution in [0.5, 0.6) is 0 Å². The van der Waals surface area contributed by atoms with Gasteiger partial charge in [-0.2, -0.15) is 0 Å². The third-order valence-electron chi connectivity index (χ3n) is 4.15. The van der Waals surface area contributed by atoms with Gasteiger partial charge in [-0.3, -0.25) is 9.59 Å². The molecule has 0 aliphatic rings. The van der Waals surface area contributed by atoms with Crippen LogP contribution in [0.1, 0.15) is 36.2 Å². The molecule has 0 atom stereocenters. The van der Waals surface area contributed by atoms with Crippen LogP contribution in [-0.2, 0) is 11.3 Å². The molecule has 2 amide bonds. The van der Waals surface area contributed by atoms with Crippen LogP contribution >= 0.6 is 0 Å². The van der Waals surface area contributed by atoms with E-state index in [1.54, 1.807) is 12.1 Å². The molecule has 2 aromatic rings. The van der Waals surface area contributed by atoms with Crippen molar-refractivity contribution >= 4 is 17.5 Å². The fourth-order valence-corrected chi connectivity index (χ4v) is 2.68. The molecule has 0 unspecified atom stereocenters. The van der Waals surface area contributed by atoms with E-state index in [9.17, 15) is 9.59 Å². The minimum absolute atomic E-state index is 0.0663. The van der Waals surface area contributed by atoms with E-state index < -0.39 is 0 Å². The van der Waals surface area contributed by atoms with Crippen molar-refractivity contribution in [2.45, 2.75) is 26.8 Å². The minimum Gasteiger partial charge on any atom is -0.372 e. The van der Waals surface area contributed by atoms with Gasteiger partial charge < -0.3 is 15.5 Å². The van der Waals surface area contributed by atoms with E-state index in [-0.39, 0.29) is 11.8 Å². The molecule has 0 aromatic heterocycles. The number of anilines is 1. The van der Waals surface area contributed by atoms with Crippen molar-refractivity contribution in [3.63, 3.8) is 0 Å². The summed E-state index contributed by atoms with van der Waals surface area (Å²) in [5.41, 5.74) is 2.81. The molecular formula is C21H27N3O2. The number of hydrogen-bond donors (Lipinski definition) is 2. The van der Waals surface area contributed by atoms with Crippen molar-refractivity contribution in [3.8, 4) is 0 Å².